The zero-order chi connectivity index (χ0) is 12.6. The third-order valence-electron chi connectivity index (χ3n) is 2.94. The SMILES string of the molecule is CCc1c(C)[nH]c2cc(OC)c(Br)cc2c1=O. The molecule has 0 aliphatic rings. The van der Waals surface area contributed by atoms with Crippen LogP contribution in [0.2, 0.25) is 0 Å². The molecule has 4 heteroatoms. The summed E-state index contributed by atoms with van der Waals surface area (Å²) in [5.41, 5.74) is 2.68. The molecule has 90 valence electrons. The summed E-state index contributed by atoms with van der Waals surface area (Å²) in [5, 5.41) is 0.695. The molecule has 1 heterocycles. The molecule has 0 atom stereocenters. The Morgan fingerprint density at radius 1 is 1.41 bits per heavy atom. The van der Waals surface area contributed by atoms with Crippen molar-refractivity contribution in [1.29, 1.82) is 0 Å². The minimum Gasteiger partial charge on any atom is -0.495 e. The predicted octanol–water partition coefficient (Wildman–Crippen LogP) is 3.17. The average molecular weight is 296 g/mol. The van der Waals surface area contributed by atoms with E-state index in [2.05, 4.69) is 20.9 Å². The summed E-state index contributed by atoms with van der Waals surface area (Å²) in [6, 6.07) is 3.65. The number of hydrogen-bond donors (Lipinski definition) is 1. The lowest BCUT2D eigenvalue weighted by atomic mass is 10.1. The van der Waals surface area contributed by atoms with E-state index in [9.17, 15) is 4.79 Å². The van der Waals surface area contributed by atoms with Crippen LogP contribution in [0.5, 0.6) is 5.75 Å². The monoisotopic (exact) mass is 295 g/mol. The number of aryl methyl sites for hydroxylation is 1. The largest absolute Gasteiger partial charge is 0.495 e. The Hall–Kier alpha value is -1.29. The Bertz CT molecular complexity index is 631. The number of hydrogen-bond acceptors (Lipinski definition) is 2. The Labute approximate surface area is 108 Å². The molecule has 0 amide bonds. The number of pyridine rings is 1. The molecule has 0 bridgehead atoms. The maximum absolute atomic E-state index is 12.3. The fourth-order valence-corrected chi connectivity index (χ4v) is 2.54. The fourth-order valence-electron chi connectivity index (χ4n) is 2.04. The second kappa shape index (κ2) is 4.53. The number of ether oxygens (including phenoxy) is 1. The molecular formula is C13H14BrNO2. The van der Waals surface area contributed by atoms with Crippen LogP contribution in [0.3, 0.4) is 0 Å². The second-order valence-corrected chi connectivity index (χ2v) is 4.80. The van der Waals surface area contributed by atoms with Crippen molar-refractivity contribution in [2.45, 2.75) is 20.3 Å². The predicted molar refractivity (Wildman–Crippen MR) is 72.9 cm³/mol. The van der Waals surface area contributed by atoms with Gasteiger partial charge in [-0.1, -0.05) is 6.92 Å². The number of aromatic amines is 1. The Morgan fingerprint density at radius 3 is 2.71 bits per heavy atom. The van der Waals surface area contributed by atoms with Gasteiger partial charge in [0.25, 0.3) is 0 Å². The molecule has 0 saturated heterocycles. The van der Waals surface area contributed by atoms with Crippen molar-refractivity contribution in [3.05, 3.63) is 38.1 Å². The van der Waals surface area contributed by atoms with Gasteiger partial charge in [-0.25, -0.2) is 0 Å². The van der Waals surface area contributed by atoms with E-state index in [-0.39, 0.29) is 5.43 Å². The topological polar surface area (TPSA) is 42.1 Å². The fraction of sp³-hybridized carbons (Fsp3) is 0.308. The first-order chi connectivity index (χ1) is 8.08. The first kappa shape index (κ1) is 12.2. The number of nitrogens with one attached hydrogen (secondary N) is 1. The number of fused-ring (bicyclic) bond motifs is 1. The van der Waals surface area contributed by atoms with Gasteiger partial charge in [0.2, 0.25) is 0 Å². The number of rotatable bonds is 2. The zero-order valence-corrected chi connectivity index (χ0v) is 11.6. The summed E-state index contributed by atoms with van der Waals surface area (Å²) >= 11 is 3.40. The van der Waals surface area contributed by atoms with E-state index in [0.717, 1.165) is 33.4 Å². The molecule has 2 aromatic rings. The van der Waals surface area contributed by atoms with Crippen molar-refractivity contribution in [3.63, 3.8) is 0 Å². The van der Waals surface area contributed by atoms with Gasteiger partial charge < -0.3 is 9.72 Å². The van der Waals surface area contributed by atoms with Gasteiger partial charge in [0, 0.05) is 22.7 Å². The van der Waals surface area contributed by atoms with E-state index < -0.39 is 0 Å². The number of methoxy groups -OCH3 is 1. The maximum atomic E-state index is 12.3. The van der Waals surface area contributed by atoms with E-state index in [1.165, 1.54) is 0 Å². The third kappa shape index (κ3) is 1.97. The van der Waals surface area contributed by atoms with Crippen LogP contribution in [0.15, 0.2) is 21.4 Å². The Kier molecular flexibility index (Phi) is 3.24. The molecule has 17 heavy (non-hydrogen) atoms. The highest BCUT2D eigenvalue weighted by atomic mass is 79.9. The van der Waals surface area contributed by atoms with Crippen molar-refractivity contribution in [1.82, 2.24) is 4.98 Å². The average Bonchev–Trinajstić information content (AvgIpc) is 2.30. The Balaban J connectivity index is 2.88. The standard InChI is InChI=1S/C13H14BrNO2/c1-4-8-7(2)15-11-6-12(17-3)10(14)5-9(11)13(8)16/h5-6H,4H2,1-3H3,(H,15,16). The van der Waals surface area contributed by atoms with Gasteiger partial charge in [0.05, 0.1) is 17.1 Å². The van der Waals surface area contributed by atoms with Crippen LogP contribution < -0.4 is 10.2 Å². The Morgan fingerprint density at radius 2 is 2.12 bits per heavy atom. The van der Waals surface area contributed by atoms with Gasteiger partial charge in [-0.05, 0) is 35.3 Å². The molecule has 0 saturated carbocycles. The highest BCUT2D eigenvalue weighted by Crippen LogP contribution is 2.28. The summed E-state index contributed by atoms with van der Waals surface area (Å²) < 4.78 is 6.02. The molecule has 1 N–H and O–H groups in total. The molecular weight excluding hydrogens is 282 g/mol. The first-order valence-electron chi connectivity index (χ1n) is 5.47. The molecule has 0 aliphatic carbocycles. The van der Waals surface area contributed by atoms with E-state index >= 15 is 0 Å². The summed E-state index contributed by atoms with van der Waals surface area (Å²) in [7, 11) is 1.61. The van der Waals surface area contributed by atoms with Crippen LogP contribution >= 0.6 is 15.9 Å². The maximum Gasteiger partial charge on any atom is 0.192 e. The van der Waals surface area contributed by atoms with Gasteiger partial charge in [0.15, 0.2) is 5.43 Å². The highest BCUT2D eigenvalue weighted by Gasteiger charge is 2.10. The van der Waals surface area contributed by atoms with Gasteiger partial charge in [-0.3, -0.25) is 4.79 Å². The number of H-pyrrole nitrogens is 1. The van der Waals surface area contributed by atoms with Gasteiger partial charge in [-0.15, -0.1) is 0 Å². The number of halogens is 1. The minimum absolute atomic E-state index is 0.0992. The molecule has 1 aromatic carbocycles. The lowest BCUT2D eigenvalue weighted by Crippen LogP contribution is -2.12. The van der Waals surface area contributed by atoms with Crippen molar-refractivity contribution < 1.29 is 4.74 Å². The summed E-state index contributed by atoms with van der Waals surface area (Å²) in [6.07, 6.45) is 0.737. The molecule has 0 unspecified atom stereocenters. The van der Waals surface area contributed by atoms with E-state index in [1.807, 2.05) is 26.0 Å². The minimum atomic E-state index is 0.0992. The zero-order valence-electron chi connectivity index (χ0n) is 10.1. The molecule has 0 aliphatic heterocycles. The summed E-state index contributed by atoms with van der Waals surface area (Å²) in [6.45, 7) is 3.91. The van der Waals surface area contributed by atoms with Crippen LogP contribution in [0.4, 0.5) is 0 Å². The van der Waals surface area contributed by atoms with Crippen molar-refractivity contribution in [3.8, 4) is 5.75 Å². The van der Waals surface area contributed by atoms with Crippen LogP contribution in [0.1, 0.15) is 18.2 Å². The second-order valence-electron chi connectivity index (χ2n) is 3.94. The van der Waals surface area contributed by atoms with Crippen LogP contribution in [0.25, 0.3) is 10.9 Å². The lowest BCUT2D eigenvalue weighted by molar-refractivity contribution is 0.412. The molecule has 0 radical (unpaired) electrons. The van der Waals surface area contributed by atoms with Gasteiger partial charge in [0.1, 0.15) is 5.75 Å². The molecule has 0 spiro atoms. The number of aromatic nitrogens is 1. The van der Waals surface area contributed by atoms with Crippen molar-refractivity contribution >= 4 is 26.8 Å². The first-order valence-corrected chi connectivity index (χ1v) is 6.26. The quantitative estimate of drug-likeness (QED) is 0.925. The highest BCUT2D eigenvalue weighted by molar-refractivity contribution is 9.10. The van der Waals surface area contributed by atoms with Crippen LogP contribution in [-0.2, 0) is 6.42 Å². The lowest BCUT2D eigenvalue weighted by Gasteiger charge is -2.09. The van der Waals surface area contributed by atoms with Crippen molar-refractivity contribution in [2.24, 2.45) is 0 Å². The van der Waals surface area contributed by atoms with E-state index in [1.54, 1.807) is 7.11 Å². The van der Waals surface area contributed by atoms with Gasteiger partial charge >= 0.3 is 0 Å². The summed E-state index contributed by atoms with van der Waals surface area (Å²) in [5.74, 6) is 0.719. The molecule has 3 nitrogen and oxygen atoms in total. The van der Waals surface area contributed by atoms with E-state index in [0.29, 0.717) is 5.39 Å². The van der Waals surface area contributed by atoms with E-state index in [4.69, 9.17) is 4.74 Å². The van der Waals surface area contributed by atoms with Gasteiger partial charge in [-0.2, -0.15) is 0 Å². The smallest absolute Gasteiger partial charge is 0.192 e. The molecule has 2 rings (SSSR count). The molecule has 1 aromatic heterocycles. The van der Waals surface area contributed by atoms with Crippen LogP contribution in [0, 0.1) is 6.92 Å². The third-order valence-corrected chi connectivity index (χ3v) is 3.56. The summed E-state index contributed by atoms with van der Waals surface area (Å²) in [4.78, 5) is 15.5. The molecule has 0 fully saturated rings. The number of benzene rings is 1. The van der Waals surface area contributed by atoms with Crippen LogP contribution in [-0.4, -0.2) is 12.1 Å². The normalized spacial score (nSPS) is 10.8. The van der Waals surface area contributed by atoms with Crippen molar-refractivity contribution in [2.75, 3.05) is 7.11 Å².